The average molecular weight is 507 g/mol. The summed E-state index contributed by atoms with van der Waals surface area (Å²) < 4.78 is 26.7. The van der Waals surface area contributed by atoms with Crippen LogP contribution in [-0.2, 0) is 19.2 Å². The van der Waals surface area contributed by atoms with E-state index < -0.39 is 6.04 Å². The van der Waals surface area contributed by atoms with Crippen LogP contribution in [0.4, 0.5) is 4.39 Å². The van der Waals surface area contributed by atoms with Gasteiger partial charge in [-0.25, -0.2) is 4.39 Å². The number of amides is 1. The summed E-state index contributed by atoms with van der Waals surface area (Å²) in [5.41, 5.74) is 1.97. The second-order valence-electron chi connectivity index (χ2n) is 8.04. The molecule has 7 nitrogen and oxygen atoms in total. The molecule has 0 saturated heterocycles. The number of hydrogen-bond donors (Lipinski definition) is 1. The quantitative estimate of drug-likeness (QED) is 0.306. The standard InChI is InChI=1S/C27H27FN4O3S/c1-32-25(30-31-27(32)36-17-19-12-7-8-14-21(19)28)22(16-18-10-5-4-6-11-18)29-26(33)20-13-9-15-23(34-2)24(20)35-3/h4-15,22H,16-17H2,1-3H3,(H,29,33)/t22-/m1/s1. The molecule has 1 heterocycles. The minimum Gasteiger partial charge on any atom is -0.493 e. The Morgan fingerprint density at radius 1 is 1.00 bits per heavy atom. The van der Waals surface area contributed by atoms with Gasteiger partial charge in [0.15, 0.2) is 22.5 Å². The van der Waals surface area contributed by atoms with E-state index in [1.54, 1.807) is 36.4 Å². The van der Waals surface area contributed by atoms with Crippen LogP contribution in [0.1, 0.15) is 33.4 Å². The van der Waals surface area contributed by atoms with E-state index in [0.717, 1.165) is 5.56 Å². The number of hydrogen-bond acceptors (Lipinski definition) is 6. The number of aromatic nitrogens is 3. The van der Waals surface area contributed by atoms with Gasteiger partial charge in [0.2, 0.25) is 0 Å². The first-order valence-electron chi connectivity index (χ1n) is 11.3. The zero-order valence-corrected chi connectivity index (χ0v) is 21.1. The van der Waals surface area contributed by atoms with Gasteiger partial charge in [-0.1, -0.05) is 66.4 Å². The summed E-state index contributed by atoms with van der Waals surface area (Å²) in [7, 11) is 4.87. The number of para-hydroxylation sites is 1. The average Bonchev–Trinajstić information content (AvgIpc) is 3.27. The second kappa shape index (κ2) is 11.7. The van der Waals surface area contributed by atoms with Crippen LogP contribution < -0.4 is 14.8 Å². The maximum Gasteiger partial charge on any atom is 0.255 e. The molecule has 186 valence electrons. The van der Waals surface area contributed by atoms with E-state index in [2.05, 4.69) is 15.5 Å². The molecule has 0 aliphatic rings. The second-order valence-corrected chi connectivity index (χ2v) is 8.98. The number of halogens is 1. The van der Waals surface area contributed by atoms with Crippen molar-refractivity contribution in [2.75, 3.05) is 14.2 Å². The molecular formula is C27H27FN4O3S. The van der Waals surface area contributed by atoms with Gasteiger partial charge in [0, 0.05) is 12.8 Å². The summed E-state index contributed by atoms with van der Waals surface area (Å²) in [6, 6.07) is 21.2. The zero-order chi connectivity index (χ0) is 25.5. The Balaban J connectivity index is 1.61. The lowest BCUT2D eigenvalue weighted by atomic mass is 10.0. The van der Waals surface area contributed by atoms with E-state index in [-0.39, 0.29) is 11.7 Å². The van der Waals surface area contributed by atoms with Gasteiger partial charge < -0.3 is 19.4 Å². The molecule has 0 radical (unpaired) electrons. The first kappa shape index (κ1) is 25.2. The van der Waals surface area contributed by atoms with Crippen molar-refractivity contribution in [1.29, 1.82) is 0 Å². The monoisotopic (exact) mass is 506 g/mol. The minimum atomic E-state index is -0.476. The summed E-state index contributed by atoms with van der Waals surface area (Å²) in [5, 5.41) is 12.4. The summed E-state index contributed by atoms with van der Waals surface area (Å²) in [4.78, 5) is 13.4. The van der Waals surface area contributed by atoms with Crippen LogP contribution in [-0.4, -0.2) is 34.9 Å². The molecule has 9 heteroatoms. The molecule has 4 aromatic rings. The molecule has 0 fully saturated rings. The highest BCUT2D eigenvalue weighted by Crippen LogP contribution is 2.31. The number of rotatable bonds is 10. The smallest absolute Gasteiger partial charge is 0.255 e. The maximum absolute atomic E-state index is 14.1. The third kappa shape index (κ3) is 5.68. The number of carbonyl (C=O) groups excluding carboxylic acids is 1. The number of nitrogens with zero attached hydrogens (tertiary/aromatic N) is 3. The Morgan fingerprint density at radius 2 is 1.75 bits per heavy atom. The fraction of sp³-hybridized carbons (Fsp3) is 0.222. The van der Waals surface area contributed by atoms with Crippen molar-refractivity contribution >= 4 is 17.7 Å². The molecule has 4 rings (SSSR count). The van der Waals surface area contributed by atoms with Crippen LogP contribution >= 0.6 is 11.8 Å². The van der Waals surface area contributed by atoms with Crippen molar-refractivity contribution in [3.8, 4) is 11.5 Å². The molecule has 1 amide bonds. The number of carbonyl (C=O) groups is 1. The van der Waals surface area contributed by atoms with E-state index in [0.29, 0.717) is 45.8 Å². The van der Waals surface area contributed by atoms with Gasteiger partial charge in [-0.15, -0.1) is 10.2 Å². The molecule has 0 spiro atoms. The van der Waals surface area contributed by atoms with Gasteiger partial charge in [0.05, 0.1) is 25.8 Å². The van der Waals surface area contributed by atoms with Crippen LogP contribution in [0.15, 0.2) is 78.0 Å². The molecule has 0 bridgehead atoms. The van der Waals surface area contributed by atoms with Gasteiger partial charge in [-0.3, -0.25) is 4.79 Å². The highest BCUT2D eigenvalue weighted by molar-refractivity contribution is 7.98. The van der Waals surface area contributed by atoms with Gasteiger partial charge >= 0.3 is 0 Å². The summed E-state index contributed by atoms with van der Waals surface area (Å²) in [6.45, 7) is 0. The van der Waals surface area contributed by atoms with Crippen molar-refractivity contribution in [1.82, 2.24) is 20.1 Å². The van der Waals surface area contributed by atoms with E-state index in [1.807, 2.05) is 41.9 Å². The Bertz CT molecular complexity index is 1330. The molecule has 3 aromatic carbocycles. The summed E-state index contributed by atoms with van der Waals surface area (Å²) >= 11 is 1.39. The van der Waals surface area contributed by atoms with Crippen LogP contribution in [0.3, 0.4) is 0 Å². The first-order valence-corrected chi connectivity index (χ1v) is 12.3. The highest BCUT2D eigenvalue weighted by Gasteiger charge is 2.25. The Kier molecular flexibility index (Phi) is 8.22. The number of methoxy groups -OCH3 is 2. The summed E-state index contributed by atoms with van der Waals surface area (Å²) in [6.07, 6.45) is 0.503. The molecule has 1 atom stereocenters. The van der Waals surface area contributed by atoms with Crippen molar-refractivity contribution in [3.05, 3.63) is 101 Å². The van der Waals surface area contributed by atoms with E-state index >= 15 is 0 Å². The molecule has 1 aromatic heterocycles. The topological polar surface area (TPSA) is 78.3 Å². The van der Waals surface area contributed by atoms with E-state index in [4.69, 9.17) is 9.47 Å². The third-order valence-electron chi connectivity index (χ3n) is 5.73. The predicted molar refractivity (Wildman–Crippen MR) is 137 cm³/mol. The molecule has 0 unspecified atom stereocenters. The van der Waals surface area contributed by atoms with E-state index in [1.165, 1.54) is 32.0 Å². The van der Waals surface area contributed by atoms with Crippen LogP contribution in [0.5, 0.6) is 11.5 Å². The van der Waals surface area contributed by atoms with Gasteiger partial charge in [0.25, 0.3) is 5.91 Å². The predicted octanol–water partition coefficient (Wildman–Crippen LogP) is 4.98. The fourth-order valence-electron chi connectivity index (χ4n) is 3.87. The molecule has 0 aliphatic heterocycles. The SMILES string of the molecule is COc1cccc(C(=O)N[C@H](Cc2ccccc2)c2nnc(SCc3ccccc3F)n2C)c1OC. The van der Waals surface area contributed by atoms with Crippen LogP contribution in [0.2, 0.25) is 0 Å². The van der Waals surface area contributed by atoms with Gasteiger partial charge in [0.1, 0.15) is 5.82 Å². The molecule has 1 N–H and O–H groups in total. The van der Waals surface area contributed by atoms with E-state index in [9.17, 15) is 9.18 Å². The molecular weight excluding hydrogens is 479 g/mol. The van der Waals surface area contributed by atoms with Crippen molar-refractivity contribution in [3.63, 3.8) is 0 Å². The summed E-state index contributed by atoms with van der Waals surface area (Å²) in [5.74, 6) is 1.24. The van der Waals surface area contributed by atoms with Crippen molar-refractivity contribution in [2.45, 2.75) is 23.4 Å². The largest absolute Gasteiger partial charge is 0.493 e. The Morgan fingerprint density at radius 3 is 2.47 bits per heavy atom. The Labute approximate surface area is 213 Å². The molecule has 0 aliphatic carbocycles. The maximum atomic E-state index is 14.1. The Hall–Kier alpha value is -3.85. The van der Waals surface area contributed by atoms with Crippen molar-refractivity contribution in [2.24, 2.45) is 7.05 Å². The highest BCUT2D eigenvalue weighted by atomic mass is 32.2. The fourth-order valence-corrected chi connectivity index (χ4v) is 4.78. The van der Waals surface area contributed by atoms with Gasteiger partial charge in [-0.2, -0.15) is 0 Å². The lowest BCUT2D eigenvalue weighted by Crippen LogP contribution is -2.32. The minimum absolute atomic E-state index is 0.256. The number of benzene rings is 3. The van der Waals surface area contributed by atoms with Crippen LogP contribution in [0.25, 0.3) is 0 Å². The van der Waals surface area contributed by atoms with Crippen LogP contribution in [0, 0.1) is 5.82 Å². The third-order valence-corrected chi connectivity index (χ3v) is 6.80. The van der Waals surface area contributed by atoms with Gasteiger partial charge in [-0.05, 0) is 35.7 Å². The lowest BCUT2D eigenvalue weighted by molar-refractivity contribution is 0.0930. The molecule has 0 saturated carbocycles. The first-order chi connectivity index (χ1) is 17.5. The van der Waals surface area contributed by atoms with Crippen molar-refractivity contribution < 1.29 is 18.7 Å². The normalized spacial score (nSPS) is 11.7. The number of ether oxygens (including phenoxy) is 2. The lowest BCUT2D eigenvalue weighted by Gasteiger charge is -2.20. The molecule has 36 heavy (non-hydrogen) atoms. The number of thioether (sulfide) groups is 1. The zero-order valence-electron chi connectivity index (χ0n) is 20.3. The number of nitrogens with one attached hydrogen (secondary N) is 1.